The highest BCUT2D eigenvalue weighted by molar-refractivity contribution is 7.18. The van der Waals surface area contributed by atoms with Crippen molar-refractivity contribution in [2.75, 3.05) is 11.9 Å². The van der Waals surface area contributed by atoms with E-state index in [1.54, 1.807) is 11.3 Å². The first-order valence-corrected chi connectivity index (χ1v) is 10.3. The van der Waals surface area contributed by atoms with Crippen LogP contribution in [0.15, 0.2) is 48.5 Å². The van der Waals surface area contributed by atoms with Gasteiger partial charge in [0.2, 0.25) is 5.13 Å². The van der Waals surface area contributed by atoms with Crippen LogP contribution in [0.4, 0.5) is 5.13 Å². The van der Waals surface area contributed by atoms with Crippen molar-refractivity contribution in [1.82, 2.24) is 20.4 Å². The van der Waals surface area contributed by atoms with Crippen LogP contribution >= 0.6 is 11.3 Å². The summed E-state index contributed by atoms with van der Waals surface area (Å²) >= 11 is 1.54. The van der Waals surface area contributed by atoms with Gasteiger partial charge in [-0.2, -0.15) is 5.10 Å². The lowest BCUT2D eigenvalue weighted by Crippen LogP contribution is -2.30. The number of anilines is 1. The van der Waals surface area contributed by atoms with Crippen LogP contribution in [0.1, 0.15) is 20.3 Å². The predicted molar refractivity (Wildman–Crippen MR) is 116 cm³/mol. The molecule has 0 saturated heterocycles. The molecule has 0 bridgehead atoms. The van der Waals surface area contributed by atoms with Crippen molar-refractivity contribution in [3.05, 3.63) is 48.5 Å². The zero-order chi connectivity index (χ0) is 19.5. The van der Waals surface area contributed by atoms with Crippen LogP contribution in [0.25, 0.3) is 32.7 Å². The Morgan fingerprint density at radius 2 is 1.89 bits per heavy atom. The summed E-state index contributed by atoms with van der Waals surface area (Å²) in [5, 5.41) is 22.3. The maximum absolute atomic E-state index is 6.15. The summed E-state index contributed by atoms with van der Waals surface area (Å²) in [7, 11) is 0. The molecule has 0 radical (unpaired) electrons. The lowest BCUT2D eigenvalue weighted by Gasteiger charge is -2.13. The van der Waals surface area contributed by atoms with Crippen LogP contribution in [0, 0.1) is 5.92 Å². The molecule has 0 saturated carbocycles. The number of aromatic amines is 1. The highest BCUT2D eigenvalue weighted by Gasteiger charge is 2.13. The molecule has 4 aromatic rings. The monoisotopic (exact) mass is 392 g/mol. The van der Waals surface area contributed by atoms with E-state index in [-0.39, 0.29) is 6.04 Å². The summed E-state index contributed by atoms with van der Waals surface area (Å²) in [5.74, 6) is 0.585. The number of benzene rings is 2. The topological polar surface area (TPSA) is 92.5 Å². The molecule has 0 aliphatic heterocycles. The summed E-state index contributed by atoms with van der Waals surface area (Å²) in [4.78, 5) is 0. The highest BCUT2D eigenvalue weighted by atomic mass is 32.1. The van der Waals surface area contributed by atoms with E-state index in [4.69, 9.17) is 5.73 Å². The standard InChI is InChI=1S/C21H24N6S/c1-13(2)10-16(22)12-23-21-27-26-20(28-21)15-8-9-18-17(11-15)19(25-24-18)14-6-4-3-5-7-14/h3-9,11,13,16H,10,12,22H2,1-2H3,(H,23,27)(H,24,25)/t16-/m1/s1. The fourth-order valence-corrected chi connectivity index (χ4v) is 4.03. The Kier molecular flexibility index (Phi) is 5.36. The van der Waals surface area contributed by atoms with Crippen molar-refractivity contribution >= 4 is 27.4 Å². The summed E-state index contributed by atoms with van der Waals surface area (Å²) in [6, 6.07) is 16.5. The third kappa shape index (κ3) is 4.05. The number of nitrogens with zero attached hydrogens (tertiary/aromatic N) is 3. The normalized spacial score (nSPS) is 12.6. The smallest absolute Gasteiger partial charge is 0.206 e. The van der Waals surface area contributed by atoms with Crippen molar-refractivity contribution in [2.45, 2.75) is 26.3 Å². The fourth-order valence-electron chi connectivity index (χ4n) is 3.28. The molecule has 6 nitrogen and oxygen atoms in total. The van der Waals surface area contributed by atoms with Gasteiger partial charge in [0, 0.05) is 29.1 Å². The second kappa shape index (κ2) is 8.08. The van der Waals surface area contributed by atoms with Crippen LogP contribution in [0.5, 0.6) is 0 Å². The van der Waals surface area contributed by atoms with E-state index < -0.39 is 0 Å². The van der Waals surface area contributed by atoms with Crippen molar-refractivity contribution in [3.63, 3.8) is 0 Å². The third-order valence-electron chi connectivity index (χ3n) is 4.57. The Hall–Kier alpha value is -2.77. The van der Waals surface area contributed by atoms with Crippen molar-refractivity contribution in [1.29, 1.82) is 0 Å². The molecule has 0 unspecified atom stereocenters. The lowest BCUT2D eigenvalue weighted by molar-refractivity contribution is 0.508. The Balaban J connectivity index is 1.56. The van der Waals surface area contributed by atoms with Crippen LogP contribution < -0.4 is 11.1 Å². The Morgan fingerprint density at radius 3 is 2.68 bits per heavy atom. The molecular weight excluding hydrogens is 368 g/mol. The van der Waals surface area contributed by atoms with Gasteiger partial charge in [-0.3, -0.25) is 5.10 Å². The van der Waals surface area contributed by atoms with Gasteiger partial charge in [0.1, 0.15) is 5.01 Å². The maximum atomic E-state index is 6.15. The number of hydrogen-bond donors (Lipinski definition) is 3. The first-order valence-electron chi connectivity index (χ1n) is 9.47. The molecule has 2 aromatic carbocycles. The molecule has 0 fully saturated rings. The van der Waals surface area contributed by atoms with Gasteiger partial charge in [0.05, 0.1) is 11.2 Å². The van der Waals surface area contributed by atoms with Crippen molar-refractivity contribution in [2.24, 2.45) is 11.7 Å². The summed E-state index contributed by atoms with van der Waals surface area (Å²) in [6.45, 7) is 5.06. The van der Waals surface area contributed by atoms with E-state index in [1.807, 2.05) is 30.3 Å². The zero-order valence-electron chi connectivity index (χ0n) is 16.0. The number of rotatable bonds is 7. The molecule has 4 rings (SSSR count). The van der Waals surface area contributed by atoms with Gasteiger partial charge in [0.25, 0.3) is 0 Å². The average Bonchev–Trinajstić information content (AvgIpc) is 3.33. The van der Waals surface area contributed by atoms with Crippen LogP contribution in [-0.2, 0) is 0 Å². The van der Waals surface area contributed by atoms with E-state index in [9.17, 15) is 0 Å². The molecule has 7 heteroatoms. The summed E-state index contributed by atoms with van der Waals surface area (Å²) in [5.41, 5.74) is 10.2. The van der Waals surface area contributed by atoms with Crippen LogP contribution in [0.3, 0.4) is 0 Å². The van der Waals surface area contributed by atoms with E-state index in [0.717, 1.165) is 44.3 Å². The molecule has 2 aromatic heterocycles. The van der Waals surface area contributed by atoms with Gasteiger partial charge in [-0.05, 0) is 30.5 Å². The van der Waals surface area contributed by atoms with Gasteiger partial charge in [-0.25, -0.2) is 0 Å². The average molecular weight is 393 g/mol. The number of nitrogens with two attached hydrogens (primary N) is 1. The predicted octanol–water partition coefficient (Wildman–Crippen LogP) is 4.53. The summed E-state index contributed by atoms with van der Waals surface area (Å²) in [6.07, 6.45) is 0.984. The SMILES string of the molecule is CC(C)C[C@@H](N)CNc1nnc(-c2ccc3[nH]nc(-c4ccccc4)c3c2)s1. The zero-order valence-corrected chi connectivity index (χ0v) is 16.8. The van der Waals surface area contributed by atoms with Gasteiger partial charge in [0.15, 0.2) is 0 Å². The van der Waals surface area contributed by atoms with Gasteiger partial charge < -0.3 is 11.1 Å². The molecule has 0 amide bonds. The van der Waals surface area contributed by atoms with Crippen LogP contribution in [-0.4, -0.2) is 33.0 Å². The quantitative estimate of drug-likeness (QED) is 0.430. The Labute approximate surface area is 168 Å². The van der Waals surface area contributed by atoms with Gasteiger partial charge in [-0.15, -0.1) is 10.2 Å². The second-order valence-electron chi connectivity index (χ2n) is 7.38. The van der Waals surface area contributed by atoms with Crippen LogP contribution in [0.2, 0.25) is 0 Å². The summed E-state index contributed by atoms with van der Waals surface area (Å²) < 4.78 is 0. The van der Waals surface area contributed by atoms with Crippen molar-refractivity contribution < 1.29 is 0 Å². The lowest BCUT2D eigenvalue weighted by atomic mass is 10.1. The Bertz CT molecular complexity index is 1050. The van der Waals surface area contributed by atoms with Gasteiger partial charge >= 0.3 is 0 Å². The number of nitrogens with one attached hydrogen (secondary N) is 2. The first-order chi connectivity index (χ1) is 13.6. The van der Waals surface area contributed by atoms with E-state index in [2.05, 4.69) is 57.8 Å². The maximum Gasteiger partial charge on any atom is 0.206 e. The number of fused-ring (bicyclic) bond motifs is 1. The minimum Gasteiger partial charge on any atom is -0.359 e. The molecule has 2 heterocycles. The third-order valence-corrected chi connectivity index (χ3v) is 5.50. The largest absolute Gasteiger partial charge is 0.359 e. The minimum atomic E-state index is 0.114. The highest BCUT2D eigenvalue weighted by Crippen LogP contribution is 2.32. The second-order valence-corrected chi connectivity index (χ2v) is 8.36. The van der Waals surface area contributed by atoms with E-state index in [1.165, 1.54) is 0 Å². The first kappa shape index (κ1) is 18.6. The molecule has 0 spiro atoms. The molecule has 144 valence electrons. The molecule has 0 aliphatic rings. The molecule has 28 heavy (non-hydrogen) atoms. The number of aromatic nitrogens is 4. The van der Waals surface area contributed by atoms with E-state index in [0.29, 0.717) is 12.5 Å². The van der Waals surface area contributed by atoms with Gasteiger partial charge in [-0.1, -0.05) is 55.5 Å². The number of H-pyrrole nitrogens is 1. The molecule has 1 atom stereocenters. The molecular formula is C21H24N6S. The Morgan fingerprint density at radius 1 is 1.07 bits per heavy atom. The number of hydrogen-bond acceptors (Lipinski definition) is 6. The minimum absolute atomic E-state index is 0.114. The fraction of sp³-hybridized carbons (Fsp3) is 0.286. The molecule has 4 N–H and O–H groups in total. The molecule has 0 aliphatic carbocycles. The van der Waals surface area contributed by atoms with Crippen molar-refractivity contribution in [3.8, 4) is 21.8 Å². The van der Waals surface area contributed by atoms with E-state index >= 15 is 0 Å².